The Hall–Kier alpha value is -3.72. The lowest BCUT2D eigenvalue weighted by Gasteiger charge is -2.10. The lowest BCUT2D eigenvalue weighted by atomic mass is 10.2. The van der Waals surface area contributed by atoms with Gasteiger partial charge in [0, 0.05) is 5.69 Å². The van der Waals surface area contributed by atoms with E-state index in [0.717, 1.165) is 4.88 Å². The van der Waals surface area contributed by atoms with E-state index in [0.29, 0.717) is 17.1 Å². The normalized spacial score (nSPS) is 11.8. The Kier molecular flexibility index (Phi) is 5.21. The molecule has 0 bridgehead atoms. The first kappa shape index (κ1) is 18.6. The number of benzene rings is 1. The zero-order valence-corrected chi connectivity index (χ0v) is 16.0. The Balaban J connectivity index is 1.37. The third kappa shape index (κ3) is 4.25. The fraction of sp³-hybridized carbons (Fsp3) is 0.100. The summed E-state index contributed by atoms with van der Waals surface area (Å²) < 4.78 is 16.0. The fourth-order valence-electron chi connectivity index (χ4n) is 2.47. The van der Waals surface area contributed by atoms with Crippen molar-refractivity contribution in [1.29, 1.82) is 0 Å². The predicted octanol–water partition coefficient (Wildman–Crippen LogP) is 4.56. The van der Waals surface area contributed by atoms with Crippen molar-refractivity contribution in [3.05, 3.63) is 77.4 Å². The summed E-state index contributed by atoms with van der Waals surface area (Å²) in [7, 11) is 0. The van der Waals surface area contributed by atoms with E-state index < -0.39 is 12.1 Å². The van der Waals surface area contributed by atoms with Crippen molar-refractivity contribution in [1.82, 2.24) is 10.2 Å². The van der Waals surface area contributed by atoms with Crippen molar-refractivity contribution in [2.24, 2.45) is 0 Å². The first-order chi connectivity index (χ1) is 14.1. The lowest BCUT2D eigenvalue weighted by molar-refractivity contribution is 0.0280. The zero-order valence-electron chi connectivity index (χ0n) is 15.2. The van der Waals surface area contributed by atoms with Crippen LogP contribution in [-0.4, -0.2) is 22.1 Å². The van der Waals surface area contributed by atoms with E-state index in [2.05, 4.69) is 15.5 Å². The molecule has 0 spiro atoms. The van der Waals surface area contributed by atoms with Gasteiger partial charge < -0.3 is 18.9 Å². The lowest BCUT2D eigenvalue weighted by Crippen LogP contribution is -2.12. The third-order valence-corrected chi connectivity index (χ3v) is 4.79. The number of hydrogen-bond acceptors (Lipinski definition) is 8. The number of esters is 1. The smallest absolute Gasteiger partial charge is 0.338 e. The molecule has 0 aliphatic heterocycles. The maximum atomic E-state index is 12.4. The number of ether oxygens (including phenoxy) is 1. The summed E-state index contributed by atoms with van der Waals surface area (Å²) >= 11 is 1.48. The van der Waals surface area contributed by atoms with E-state index in [-0.39, 0.29) is 17.6 Å². The minimum atomic E-state index is -0.706. The summed E-state index contributed by atoms with van der Waals surface area (Å²) in [6.45, 7) is 1.65. The van der Waals surface area contributed by atoms with Crippen molar-refractivity contribution in [2.75, 3.05) is 5.32 Å². The predicted molar refractivity (Wildman–Crippen MR) is 105 cm³/mol. The summed E-state index contributed by atoms with van der Waals surface area (Å²) in [6, 6.07) is 13.2. The van der Waals surface area contributed by atoms with Gasteiger partial charge in [-0.15, -0.1) is 21.5 Å². The van der Waals surface area contributed by atoms with Gasteiger partial charge in [0.1, 0.15) is 0 Å². The molecule has 4 rings (SSSR count). The van der Waals surface area contributed by atoms with Crippen LogP contribution in [0.5, 0.6) is 0 Å². The van der Waals surface area contributed by atoms with Gasteiger partial charge in [-0.05, 0) is 54.8 Å². The molecule has 1 N–H and O–H groups in total. The van der Waals surface area contributed by atoms with Crippen LogP contribution in [0.25, 0.3) is 10.8 Å². The highest BCUT2D eigenvalue weighted by Gasteiger charge is 2.20. The third-order valence-electron chi connectivity index (χ3n) is 3.93. The Morgan fingerprint density at radius 3 is 2.62 bits per heavy atom. The van der Waals surface area contributed by atoms with Gasteiger partial charge in [0.2, 0.25) is 0 Å². The first-order valence-electron chi connectivity index (χ1n) is 8.63. The van der Waals surface area contributed by atoms with Crippen LogP contribution in [-0.2, 0) is 4.74 Å². The Morgan fingerprint density at radius 1 is 1.10 bits per heavy atom. The largest absolute Gasteiger partial charge is 0.459 e. The van der Waals surface area contributed by atoms with E-state index in [1.54, 1.807) is 43.3 Å². The number of thiophene rings is 1. The summed E-state index contributed by atoms with van der Waals surface area (Å²) in [6.07, 6.45) is 0.712. The molecule has 0 saturated heterocycles. The van der Waals surface area contributed by atoms with Gasteiger partial charge in [0.05, 0.1) is 16.7 Å². The molecule has 29 heavy (non-hydrogen) atoms. The van der Waals surface area contributed by atoms with Crippen molar-refractivity contribution >= 4 is 28.9 Å². The van der Waals surface area contributed by atoms with Gasteiger partial charge in [-0.2, -0.15) is 0 Å². The highest BCUT2D eigenvalue weighted by molar-refractivity contribution is 7.13. The van der Waals surface area contributed by atoms with Gasteiger partial charge in [-0.1, -0.05) is 6.07 Å². The van der Waals surface area contributed by atoms with Gasteiger partial charge in [0.25, 0.3) is 17.7 Å². The van der Waals surface area contributed by atoms with Crippen LogP contribution in [0.2, 0.25) is 0 Å². The van der Waals surface area contributed by atoms with Crippen LogP contribution in [0.15, 0.2) is 69.0 Å². The molecule has 0 aliphatic rings. The second-order valence-corrected chi connectivity index (χ2v) is 6.93. The first-order valence-corrected chi connectivity index (χ1v) is 9.51. The number of rotatable bonds is 6. The molecule has 3 aromatic heterocycles. The molecule has 1 amide bonds. The van der Waals surface area contributed by atoms with Crippen molar-refractivity contribution < 1.29 is 23.2 Å². The number of hydrogen-bond donors (Lipinski definition) is 1. The van der Waals surface area contributed by atoms with Gasteiger partial charge in [-0.25, -0.2) is 4.79 Å². The fourth-order valence-corrected chi connectivity index (χ4v) is 3.11. The molecule has 0 fully saturated rings. The van der Waals surface area contributed by atoms with Crippen LogP contribution in [0.4, 0.5) is 5.69 Å². The SMILES string of the molecule is C[C@H](OC(=O)c1ccc(NC(=O)c2ccco2)cc1)c1nnc(-c2cccs2)o1. The van der Waals surface area contributed by atoms with E-state index in [9.17, 15) is 9.59 Å². The molecule has 1 aromatic carbocycles. The summed E-state index contributed by atoms with van der Waals surface area (Å²) in [5.74, 6) is -0.128. The molecule has 146 valence electrons. The molecule has 1 atom stereocenters. The molecule has 4 aromatic rings. The van der Waals surface area contributed by atoms with E-state index >= 15 is 0 Å². The summed E-state index contributed by atoms with van der Waals surface area (Å²) in [5.41, 5.74) is 0.847. The minimum absolute atomic E-state index is 0.198. The number of carbonyl (C=O) groups excluding carboxylic acids is 2. The molecule has 0 saturated carbocycles. The maximum absolute atomic E-state index is 12.4. The molecule has 0 radical (unpaired) electrons. The topological polar surface area (TPSA) is 107 Å². The average molecular weight is 409 g/mol. The van der Waals surface area contributed by atoms with Gasteiger partial charge in [-0.3, -0.25) is 4.79 Å². The average Bonchev–Trinajstić information content (AvgIpc) is 3.50. The van der Waals surface area contributed by atoms with E-state index in [1.807, 2.05) is 17.5 Å². The maximum Gasteiger partial charge on any atom is 0.338 e. The molecular weight excluding hydrogens is 394 g/mol. The molecule has 8 nitrogen and oxygen atoms in total. The monoisotopic (exact) mass is 409 g/mol. The summed E-state index contributed by atoms with van der Waals surface area (Å²) in [4.78, 5) is 25.2. The number of amides is 1. The number of aromatic nitrogens is 2. The van der Waals surface area contributed by atoms with Crippen LogP contribution < -0.4 is 5.32 Å². The van der Waals surface area contributed by atoms with Gasteiger partial charge >= 0.3 is 5.97 Å². The standard InChI is InChI=1S/C20H15N3O5S/c1-12(18-22-23-19(28-18)16-5-3-11-29-16)27-20(25)13-6-8-14(9-7-13)21-17(24)15-4-2-10-26-15/h2-12H,1H3,(H,21,24)/t12-/m0/s1. The quantitative estimate of drug-likeness (QED) is 0.465. The van der Waals surface area contributed by atoms with Crippen LogP contribution in [0.1, 0.15) is 39.8 Å². The number of furan rings is 1. The highest BCUT2D eigenvalue weighted by atomic mass is 32.1. The van der Waals surface area contributed by atoms with E-state index in [4.69, 9.17) is 13.6 Å². The highest BCUT2D eigenvalue weighted by Crippen LogP contribution is 2.26. The molecule has 0 unspecified atom stereocenters. The number of carbonyl (C=O) groups is 2. The Labute approximate surface area is 169 Å². The van der Waals surface area contributed by atoms with Crippen LogP contribution in [0.3, 0.4) is 0 Å². The Bertz CT molecular complexity index is 1100. The molecule has 3 heterocycles. The van der Waals surface area contributed by atoms with Crippen molar-refractivity contribution in [2.45, 2.75) is 13.0 Å². The van der Waals surface area contributed by atoms with Crippen LogP contribution in [0, 0.1) is 0 Å². The Morgan fingerprint density at radius 2 is 1.93 bits per heavy atom. The number of nitrogens with one attached hydrogen (secondary N) is 1. The number of nitrogens with zero attached hydrogens (tertiary/aromatic N) is 2. The second-order valence-electron chi connectivity index (χ2n) is 5.98. The van der Waals surface area contributed by atoms with Crippen molar-refractivity contribution in [3.8, 4) is 10.8 Å². The van der Waals surface area contributed by atoms with E-state index in [1.165, 1.54) is 17.6 Å². The zero-order chi connectivity index (χ0) is 20.2. The van der Waals surface area contributed by atoms with Crippen molar-refractivity contribution in [3.63, 3.8) is 0 Å². The van der Waals surface area contributed by atoms with Crippen LogP contribution >= 0.6 is 11.3 Å². The van der Waals surface area contributed by atoms with Gasteiger partial charge in [0.15, 0.2) is 11.9 Å². The second kappa shape index (κ2) is 8.11. The minimum Gasteiger partial charge on any atom is -0.459 e. The number of anilines is 1. The molecule has 9 heteroatoms. The molecule has 0 aliphatic carbocycles. The summed E-state index contributed by atoms with van der Waals surface area (Å²) in [5, 5.41) is 12.5. The molecular formula is C20H15N3O5S.